The third kappa shape index (κ3) is 3.73. The molecule has 10 heteroatoms. The quantitative estimate of drug-likeness (QED) is 0.334. The SMILES string of the molecule is O=C1CCC(=O)N2CC3=CC[C@H]4C(=O)N(CCCCCN5C(=O)[C@@H]6[C@@H](CC=C7CN1C[C@@H]76)C5=O)C(=O)[C@H]4[C@H]3C2. The molecule has 0 unspecified atom stereocenters. The Morgan fingerprint density at radius 3 is 1.41 bits per heavy atom. The molecule has 0 aromatic rings. The molecule has 0 saturated carbocycles. The first kappa shape index (κ1) is 24.7. The van der Waals surface area contributed by atoms with Gasteiger partial charge in [0, 0.05) is 63.9 Å². The minimum atomic E-state index is -0.423. The molecule has 39 heavy (non-hydrogen) atoms. The summed E-state index contributed by atoms with van der Waals surface area (Å²) in [5, 5.41) is 0. The van der Waals surface area contributed by atoms with Gasteiger partial charge >= 0.3 is 0 Å². The fraction of sp³-hybridized carbons (Fsp3) is 0.655. The van der Waals surface area contributed by atoms with E-state index < -0.39 is 11.8 Å². The molecule has 7 rings (SSSR count). The molecule has 8 bridgehead atoms. The van der Waals surface area contributed by atoms with Crippen molar-refractivity contribution in [3.8, 4) is 0 Å². The average molecular weight is 535 g/mol. The fourth-order valence-corrected chi connectivity index (χ4v) is 8.29. The number of nitrogens with zero attached hydrogens (tertiary/aromatic N) is 4. The summed E-state index contributed by atoms with van der Waals surface area (Å²) >= 11 is 0. The molecule has 5 aliphatic heterocycles. The standard InChI is InChI=1S/C29H34N4O6/c34-22-8-9-23(35)31-13-17-5-7-19-25(21(17)15-31)29(39)33(27(19)37)11-3-1-2-10-32-26(36)18-6-4-16-12-30(22)14-20(16)24(18)28(32)38/h4-5,18-21,24-25H,1-3,6-15H2/t18-,19-,20+,21+,24-,25-/m1/s1. The summed E-state index contributed by atoms with van der Waals surface area (Å²) < 4.78 is 0. The maximum absolute atomic E-state index is 13.4. The van der Waals surface area contributed by atoms with E-state index in [0.717, 1.165) is 11.1 Å². The van der Waals surface area contributed by atoms with Gasteiger partial charge in [0.05, 0.1) is 23.7 Å². The highest BCUT2D eigenvalue weighted by Gasteiger charge is 2.56. The largest absolute Gasteiger partial charge is 0.338 e. The van der Waals surface area contributed by atoms with Crippen molar-refractivity contribution in [2.24, 2.45) is 35.5 Å². The highest BCUT2D eigenvalue weighted by Crippen LogP contribution is 2.46. The van der Waals surface area contributed by atoms with Gasteiger partial charge in [0.25, 0.3) is 0 Å². The Hall–Kier alpha value is -3.30. The van der Waals surface area contributed by atoms with E-state index in [4.69, 9.17) is 0 Å². The van der Waals surface area contributed by atoms with E-state index in [1.54, 1.807) is 9.80 Å². The maximum atomic E-state index is 13.4. The molecule has 0 N–H and O–H groups in total. The number of fused-ring (bicyclic) bond motifs is 4. The third-order valence-corrected chi connectivity index (χ3v) is 10.3. The van der Waals surface area contributed by atoms with Crippen molar-refractivity contribution in [2.45, 2.75) is 44.9 Å². The van der Waals surface area contributed by atoms with Crippen molar-refractivity contribution in [3.05, 3.63) is 23.3 Å². The summed E-state index contributed by atoms with van der Waals surface area (Å²) in [6.45, 7) is 2.43. The normalized spacial score (nSPS) is 36.8. The molecule has 206 valence electrons. The van der Waals surface area contributed by atoms with Crippen LogP contribution in [0.4, 0.5) is 0 Å². The average Bonchev–Trinajstić information content (AvgIpc) is 3.66. The van der Waals surface area contributed by atoms with Gasteiger partial charge in [-0.1, -0.05) is 12.2 Å². The van der Waals surface area contributed by atoms with Gasteiger partial charge < -0.3 is 9.80 Å². The Balaban J connectivity index is 1.13. The molecule has 0 aromatic heterocycles. The number of carbonyl (C=O) groups excluding carboxylic acids is 6. The van der Waals surface area contributed by atoms with E-state index in [1.807, 2.05) is 12.2 Å². The lowest BCUT2D eigenvalue weighted by atomic mass is 9.74. The minimum Gasteiger partial charge on any atom is -0.338 e. The maximum Gasteiger partial charge on any atom is 0.233 e. The minimum absolute atomic E-state index is 0.0867. The zero-order chi connectivity index (χ0) is 27.0. The number of hydrogen-bond donors (Lipinski definition) is 0. The number of rotatable bonds is 0. The zero-order valence-corrected chi connectivity index (χ0v) is 22.0. The molecule has 6 amide bonds. The Kier molecular flexibility index (Phi) is 5.79. The van der Waals surface area contributed by atoms with Crippen LogP contribution >= 0.6 is 0 Å². The van der Waals surface area contributed by atoms with Crippen LogP contribution in [0.2, 0.25) is 0 Å². The van der Waals surface area contributed by atoms with Crippen LogP contribution in [0, 0.1) is 35.5 Å². The smallest absolute Gasteiger partial charge is 0.233 e. The predicted molar refractivity (Wildman–Crippen MR) is 136 cm³/mol. The molecule has 7 aliphatic rings. The Morgan fingerprint density at radius 1 is 0.538 bits per heavy atom. The van der Waals surface area contributed by atoms with Gasteiger partial charge in [0.1, 0.15) is 0 Å². The van der Waals surface area contributed by atoms with E-state index in [-0.39, 0.29) is 72.0 Å². The van der Waals surface area contributed by atoms with Crippen molar-refractivity contribution in [2.75, 3.05) is 39.3 Å². The molecule has 5 saturated heterocycles. The highest BCUT2D eigenvalue weighted by atomic mass is 16.2. The Bertz CT molecular complexity index is 1160. The Labute approximate surface area is 227 Å². The van der Waals surface area contributed by atoms with Crippen LogP contribution in [0.3, 0.4) is 0 Å². The van der Waals surface area contributed by atoms with Crippen LogP contribution in [0.25, 0.3) is 0 Å². The monoisotopic (exact) mass is 534 g/mol. The molecule has 0 radical (unpaired) electrons. The van der Waals surface area contributed by atoms with Crippen molar-refractivity contribution in [3.63, 3.8) is 0 Å². The van der Waals surface area contributed by atoms with Crippen molar-refractivity contribution >= 4 is 35.4 Å². The van der Waals surface area contributed by atoms with Gasteiger partial charge in [0.15, 0.2) is 0 Å². The van der Waals surface area contributed by atoms with Crippen LogP contribution in [-0.4, -0.2) is 94.3 Å². The lowest BCUT2D eigenvalue weighted by Gasteiger charge is -2.26. The molecule has 10 nitrogen and oxygen atoms in total. The van der Waals surface area contributed by atoms with E-state index in [9.17, 15) is 28.8 Å². The van der Waals surface area contributed by atoms with Crippen LogP contribution in [0.5, 0.6) is 0 Å². The summed E-state index contributed by atoms with van der Waals surface area (Å²) in [5.41, 5.74) is 2.12. The van der Waals surface area contributed by atoms with Crippen molar-refractivity contribution in [1.29, 1.82) is 0 Å². The molecular weight excluding hydrogens is 500 g/mol. The second-order valence-electron chi connectivity index (χ2n) is 12.3. The number of carbonyl (C=O) groups is 6. The zero-order valence-electron chi connectivity index (χ0n) is 22.0. The topological polar surface area (TPSA) is 115 Å². The summed E-state index contributed by atoms with van der Waals surface area (Å²) in [5.74, 6) is -2.62. The summed E-state index contributed by atoms with van der Waals surface area (Å²) in [4.78, 5) is 85.7. The van der Waals surface area contributed by atoms with Gasteiger partial charge in [-0.3, -0.25) is 38.6 Å². The lowest BCUT2D eigenvalue weighted by molar-refractivity contribution is -0.141. The first-order valence-electron chi connectivity index (χ1n) is 14.5. The second-order valence-corrected chi connectivity index (χ2v) is 12.3. The van der Waals surface area contributed by atoms with E-state index in [0.29, 0.717) is 71.4 Å². The van der Waals surface area contributed by atoms with Gasteiger partial charge in [0.2, 0.25) is 35.4 Å². The van der Waals surface area contributed by atoms with Gasteiger partial charge in [-0.2, -0.15) is 0 Å². The fourth-order valence-electron chi connectivity index (χ4n) is 8.29. The van der Waals surface area contributed by atoms with E-state index >= 15 is 0 Å². The summed E-state index contributed by atoms with van der Waals surface area (Å²) in [7, 11) is 0. The first-order valence-corrected chi connectivity index (χ1v) is 14.5. The molecule has 0 spiro atoms. The van der Waals surface area contributed by atoms with Crippen LogP contribution in [0.1, 0.15) is 44.9 Å². The predicted octanol–water partition coefficient (Wildman–Crippen LogP) is 0.730. The van der Waals surface area contributed by atoms with Gasteiger partial charge in [-0.05, 0) is 43.3 Å². The number of imide groups is 2. The van der Waals surface area contributed by atoms with Gasteiger partial charge in [-0.25, -0.2) is 0 Å². The molecular formula is C29H34N4O6. The molecule has 5 heterocycles. The second kappa shape index (κ2) is 9.13. The van der Waals surface area contributed by atoms with Crippen LogP contribution in [0.15, 0.2) is 23.3 Å². The molecule has 0 aromatic carbocycles. The van der Waals surface area contributed by atoms with Crippen molar-refractivity contribution in [1.82, 2.24) is 19.6 Å². The first-order chi connectivity index (χ1) is 18.8. The number of allylic oxidation sites excluding steroid dienone is 2. The molecule has 6 atom stereocenters. The van der Waals surface area contributed by atoms with Gasteiger partial charge in [-0.15, -0.1) is 0 Å². The van der Waals surface area contributed by atoms with Crippen LogP contribution < -0.4 is 0 Å². The van der Waals surface area contributed by atoms with Crippen LogP contribution in [-0.2, 0) is 28.8 Å². The third-order valence-electron chi connectivity index (χ3n) is 10.3. The van der Waals surface area contributed by atoms with Crippen molar-refractivity contribution < 1.29 is 28.8 Å². The lowest BCUT2D eigenvalue weighted by Crippen LogP contribution is -2.36. The summed E-state index contributed by atoms with van der Waals surface area (Å²) in [6, 6.07) is 0. The van der Waals surface area contributed by atoms with E-state index in [2.05, 4.69) is 0 Å². The number of hydrogen-bond acceptors (Lipinski definition) is 6. The van der Waals surface area contributed by atoms with E-state index in [1.165, 1.54) is 9.80 Å². The summed E-state index contributed by atoms with van der Waals surface area (Å²) in [6.07, 6.45) is 7.24. The Morgan fingerprint density at radius 2 is 0.974 bits per heavy atom. The highest BCUT2D eigenvalue weighted by molar-refractivity contribution is 6.06. The molecule has 2 aliphatic carbocycles. The molecule has 5 fully saturated rings. The number of amides is 6.